The topological polar surface area (TPSA) is 95.4 Å². The molecule has 0 aliphatic heterocycles. The van der Waals surface area contributed by atoms with Crippen LogP contribution in [0, 0.1) is 0 Å². The zero-order valence-electron chi connectivity index (χ0n) is 13.8. The van der Waals surface area contributed by atoms with E-state index in [9.17, 15) is 9.59 Å². The summed E-state index contributed by atoms with van der Waals surface area (Å²) in [4.78, 5) is 22.6. The number of carbonyl (C=O) groups excluding carboxylic acids is 2. The highest BCUT2D eigenvalue weighted by atomic mass is 35.5. The Balaban J connectivity index is 0. The van der Waals surface area contributed by atoms with Crippen LogP contribution in [0.1, 0.15) is 40.4 Å². The maximum atomic E-state index is 11.7. The summed E-state index contributed by atoms with van der Waals surface area (Å²) in [6.45, 7) is 4.38. The van der Waals surface area contributed by atoms with Crippen molar-refractivity contribution in [1.29, 1.82) is 0 Å². The molecule has 0 aromatic heterocycles. The Labute approximate surface area is 103 Å². The van der Waals surface area contributed by atoms with Gasteiger partial charge in [0.2, 0.25) is 5.91 Å². The number of nitrogens with two attached hydrogens (primary N) is 2. The summed E-state index contributed by atoms with van der Waals surface area (Å²) in [6, 6.07) is -3.12. The summed E-state index contributed by atoms with van der Waals surface area (Å²) in [5, 5.41) is 0. The molecule has 4 N–H and O–H groups in total. The first kappa shape index (κ1) is 8.35. The lowest BCUT2D eigenvalue weighted by Gasteiger charge is -2.19. The highest BCUT2D eigenvalue weighted by Gasteiger charge is 2.18. The van der Waals surface area contributed by atoms with Crippen molar-refractivity contribution < 1.29 is 21.2 Å². The van der Waals surface area contributed by atoms with Gasteiger partial charge in [-0.05, 0) is 27.1 Å². The van der Waals surface area contributed by atoms with Crippen molar-refractivity contribution in [2.45, 2.75) is 45.1 Å². The van der Waals surface area contributed by atoms with E-state index in [1.807, 2.05) is 0 Å². The summed E-state index contributed by atoms with van der Waals surface area (Å²) in [6.07, 6.45) is -6.68. The lowest BCUT2D eigenvalue weighted by atomic mass is 10.1. The quantitative estimate of drug-likeness (QED) is 0.696. The highest BCUT2D eigenvalue weighted by Crippen LogP contribution is 2.09. The second-order valence-electron chi connectivity index (χ2n) is 3.53. The molecule has 0 aliphatic rings. The van der Waals surface area contributed by atoms with Crippen LogP contribution in [0.25, 0.3) is 0 Å². The molecule has 6 heteroatoms. The molecule has 0 bridgehead atoms. The summed E-state index contributed by atoms with van der Waals surface area (Å²) >= 11 is 0. The van der Waals surface area contributed by atoms with Gasteiger partial charge in [0.05, 0.1) is 7.39 Å². The molecular weight excluding hydrogens is 220 g/mol. The number of rotatable bonds is 4. The monoisotopic (exact) mass is 243 g/mol. The Kier molecular flexibility index (Phi) is 3.69. The van der Waals surface area contributed by atoms with Crippen molar-refractivity contribution in [2.24, 2.45) is 11.5 Å². The van der Waals surface area contributed by atoms with Gasteiger partial charge in [-0.2, -0.15) is 0 Å². The summed E-state index contributed by atoms with van der Waals surface area (Å²) in [5.41, 5.74) is 8.80. The van der Waals surface area contributed by atoms with E-state index in [4.69, 9.17) is 23.1 Å². The van der Waals surface area contributed by atoms with Crippen molar-refractivity contribution in [1.82, 2.24) is 0 Å². The molecule has 90 valence electrons. The number of amides is 1. The van der Waals surface area contributed by atoms with Gasteiger partial charge in [-0.15, -0.1) is 12.4 Å². The SMILES string of the molecule is Cl.[2H]C([2H])(C(=O)OC(C)(C)C)C([2H])([2H])[C@]([2H])(N)C(N)=O. The van der Waals surface area contributed by atoms with Gasteiger partial charge in [-0.3, -0.25) is 9.59 Å². The van der Waals surface area contributed by atoms with Crippen LogP contribution in [-0.2, 0) is 14.3 Å². The first-order valence-corrected chi connectivity index (χ1v) is 3.89. The predicted octanol–water partition coefficient (Wildman–Crippen LogP) is 0.343. The Morgan fingerprint density at radius 3 is 2.33 bits per heavy atom. The molecule has 1 amide bonds. The molecule has 0 rings (SSSR count). The van der Waals surface area contributed by atoms with Crippen LogP contribution >= 0.6 is 12.4 Å². The van der Waals surface area contributed by atoms with Crippen LogP contribution in [0.5, 0.6) is 0 Å². The molecule has 0 aromatic carbocycles. The summed E-state index contributed by atoms with van der Waals surface area (Å²) in [5.74, 6) is -3.15. The largest absolute Gasteiger partial charge is 0.460 e. The van der Waals surface area contributed by atoms with Gasteiger partial charge in [0.1, 0.15) is 5.60 Å². The van der Waals surface area contributed by atoms with E-state index >= 15 is 0 Å². The number of primary amides is 1. The Morgan fingerprint density at radius 1 is 1.53 bits per heavy atom. The van der Waals surface area contributed by atoms with Gasteiger partial charge in [0.15, 0.2) is 0 Å². The van der Waals surface area contributed by atoms with Gasteiger partial charge in [-0.1, -0.05) is 0 Å². The molecular formula is C9H19ClN2O3. The zero-order chi connectivity index (χ0) is 15.9. The van der Waals surface area contributed by atoms with Crippen LogP contribution in [0.3, 0.4) is 0 Å². The van der Waals surface area contributed by atoms with Gasteiger partial charge < -0.3 is 16.2 Å². The van der Waals surface area contributed by atoms with E-state index in [2.05, 4.69) is 0 Å². The van der Waals surface area contributed by atoms with E-state index in [0.717, 1.165) is 0 Å². The summed E-state index contributed by atoms with van der Waals surface area (Å²) < 4.78 is 42.0. The first-order valence-electron chi connectivity index (χ1n) is 6.39. The third-order valence-corrected chi connectivity index (χ3v) is 0.964. The number of esters is 1. The molecule has 0 aliphatic carbocycles. The first-order chi connectivity index (χ1) is 8.07. The molecule has 15 heavy (non-hydrogen) atoms. The molecule has 0 saturated carbocycles. The number of ether oxygens (including phenoxy) is 1. The van der Waals surface area contributed by atoms with Crippen LogP contribution < -0.4 is 11.5 Å². The number of hydrogen-bond acceptors (Lipinski definition) is 4. The maximum absolute atomic E-state index is 11.7. The van der Waals surface area contributed by atoms with E-state index in [-0.39, 0.29) is 12.4 Å². The molecule has 0 spiro atoms. The second kappa shape index (κ2) is 6.63. The minimum Gasteiger partial charge on any atom is -0.460 e. The smallest absolute Gasteiger partial charge is 0.306 e. The van der Waals surface area contributed by atoms with Gasteiger partial charge in [0.25, 0.3) is 0 Å². The summed E-state index contributed by atoms with van der Waals surface area (Å²) in [7, 11) is 0. The minimum absolute atomic E-state index is 0. The average Bonchev–Trinajstić information content (AvgIpc) is 2.13. The van der Waals surface area contributed by atoms with E-state index in [0.29, 0.717) is 0 Å². The van der Waals surface area contributed by atoms with Gasteiger partial charge in [-0.25, -0.2) is 0 Å². The van der Waals surface area contributed by atoms with Crippen molar-refractivity contribution in [2.75, 3.05) is 0 Å². The van der Waals surface area contributed by atoms with Crippen LogP contribution in [0.4, 0.5) is 0 Å². The molecule has 5 nitrogen and oxygen atoms in total. The highest BCUT2D eigenvalue weighted by molar-refractivity contribution is 5.85. The Morgan fingerprint density at radius 2 is 2.00 bits per heavy atom. The van der Waals surface area contributed by atoms with Crippen LogP contribution in [-0.4, -0.2) is 23.5 Å². The van der Waals surface area contributed by atoms with Crippen molar-refractivity contribution in [3.05, 3.63) is 0 Å². The van der Waals surface area contributed by atoms with Crippen molar-refractivity contribution in [3.8, 4) is 0 Å². The molecule has 0 saturated heterocycles. The number of carbonyl (C=O) groups is 2. The van der Waals surface area contributed by atoms with Crippen molar-refractivity contribution in [3.63, 3.8) is 0 Å². The maximum Gasteiger partial charge on any atom is 0.306 e. The fourth-order valence-electron chi connectivity index (χ4n) is 0.484. The van der Waals surface area contributed by atoms with E-state index in [1.54, 1.807) is 0 Å². The zero-order valence-corrected chi connectivity index (χ0v) is 9.60. The molecule has 0 fully saturated rings. The third kappa shape index (κ3) is 9.49. The standard InChI is InChI=1S/C9H18N2O3.ClH/c1-9(2,3)14-7(12)5-4-6(10)8(11)13;/h6H,4-5,10H2,1-3H3,(H2,11,13);1H/t6-;/m0./s1/i4D2,5D2,6D;. The van der Waals surface area contributed by atoms with Crippen LogP contribution in [0.2, 0.25) is 0 Å². The minimum atomic E-state index is -3.37. The Bertz CT molecular complexity index is 396. The molecule has 0 aromatic rings. The molecule has 0 unspecified atom stereocenters. The Hall–Kier alpha value is -0.810. The molecule has 0 radical (unpaired) electrons. The van der Waals surface area contributed by atoms with E-state index < -0.39 is 36.2 Å². The van der Waals surface area contributed by atoms with Crippen molar-refractivity contribution >= 4 is 24.3 Å². The average molecular weight is 244 g/mol. The normalized spacial score (nSPS) is 21.5. The third-order valence-electron chi connectivity index (χ3n) is 0.964. The predicted molar refractivity (Wildman–Crippen MR) is 59.5 cm³/mol. The fourth-order valence-corrected chi connectivity index (χ4v) is 0.484. The number of hydrogen-bond donors (Lipinski definition) is 2. The fraction of sp³-hybridized carbons (Fsp3) is 0.778. The number of halogens is 1. The molecule has 0 heterocycles. The second-order valence-corrected chi connectivity index (χ2v) is 3.53. The van der Waals surface area contributed by atoms with E-state index in [1.165, 1.54) is 20.8 Å². The lowest BCUT2D eigenvalue weighted by molar-refractivity contribution is -0.155. The van der Waals surface area contributed by atoms with Crippen LogP contribution in [0.15, 0.2) is 0 Å². The van der Waals surface area contributed by atoms with Gasteiger partial charge in [0, 0.05) is 11.9 Å². The van der Waals surface area contributed by atoms with Gasteiger partial charge >= 0.3 is 5.97 Å². The molecule has 1 atom stereocenters. The lowest BCUT2D eigenvalue weighted by Crippen LogP contribution is -2.37.